The van der Waals surface area contributed by atoms with Crippen molar-refractivity contribution in [1.82, 2.24) is 0 Å². The van der Waals surface area contributed by atoms with Gasteiger partial charge in [-0.1, -0.05) is 6.42 Å². The Labute approximate surface area is 72.7 Å². The van der Waals surface area contributed by atoms with Crippen LogP contribution in [0.15, 0.2) is 0 Å². The van der Waals surface area contributed by atoms with E-state index in [0.717, 1.165) is 12.8 Å². The summed E-state index contributed by atoms with van der Waals surface area (Å²) in [5.41, 5.74) is 5.56. The summed E-state index contributed by atoms with van der Waals surface area (Å²) in [6.07, 6.45) is 3.36. The molecular weight excluding hydrogens is 166 g/mol. The molecule has 0 bridgehead atoms. The van der Waals surface area contributed by atoms with Crippen molar-refractivity contribution in [3.8, 4) is 0 Å². The zero-order chi connectivity index (χ0) is 7.56. The summed E-state index contributed by atoms with van der Waals surface area (Å²) in [5.74, 6) is 0.108. The molecule has 0 saturated heterocycles. The van der Waals surface area contributed by atoms with Gasteiger partial charge in [-0.05, 0) is 18.8 Å². The minimum atomic E-state index is -0.376. The molecule has 0 spiro atoms. The molecule has 2 N–H and O–H groups in total. The molecule has 1 rings (SSSR count). The predicted molar refractivity (Wildman–Crippen MR) is 44.6 cm³/mol. The molecule has 0 unspecified atom stereocenters. The third kappa shape index (κ3) is 2.34. The van der Waals surface area contributed by atoms with Crippen LogP contribution in [0.1, 0.15) is 19.3 Å². The van der Waals surface area contributed by atoms with Crippen molar-refractivity contribution < 1.29 is 9.53 Å². The summed E-state index contributed by atoms with van der Waals surface area (Å²) < 4.78 is 4.50. The second-order valence-corrected chi connectivity index (χ2v) is 2.74. The molecule has 11 heavy (non-hydrogen) atoms. The molecule has 0 amide bonds. The van der Waals surface area contributed by atoms with Gasteiger partial charge in [0.15, 0.2) is 0 Å². The molecular formula is C7H14ClNO2. The first kappa shape index (κ1) is 10.7. The summed E-state index contributed by atoms with van der Waals surface area (Å²) in [5, 5.41) is 0. The summed E-state index contributed by atoms with van der Waals surface area (Å²) in [4.78, 5) is 10.8. The van der Waals surface area contributed by atoms with E-state index in [9.17, 15) is 4.79 Å². The van der Waals surface area contributed by atoms with Gasteiger partial charge in [-0.15, -0.1) is 12.4 Å². The number of esters is 1. The smallest absolute Gasteiger partial charge is 0.322 e. The Hall–Kier alpha value is -0.280. The van der Waals surface area contributed by atoms with Gasteiger partial charge in [0.05, 0.1) is 7.11 Å². The lowest BCUT2D eigenvalue weighted by Crippen LogP contribution is -2.41. The third-order valence-corrected chi connectivity index (χ3v) is 2.13. The van der Waals surface area contributed by atoms with Crippen LogP contribution in [0, 0.1) is 5.92 Å². The van der Waals surface area contributed by atoms with E-state index in [1.165, 1.54) is 13.5 Å². The van der Waals surface area contributed by atoms with E-state index in [0.29, 0.717) is 5.92 Å². The largest absolute Gasteiger partial charge is 0.468 e. The normalized spacial score (nSPS) is 19.5. The molecule has 0 aromatic carbocycles. The number of rotatable bonds is 2. The second-order valence-electron chi connectivity index (χ2n) is 2.74. The number of methoxy groups -OCH3 is 1. The zero-order valence-electron chi connectivity index (χ0n) is 6.58. The van der Waals surface area contributed by atoms with Crippen LogP contribution in [0.3, 0.4) is 0 Å². The molecule has 0 radical (unpaired) electrons. The molecule has 1 aliphatic carbocycles. The van der Waals surface area contributed by atoms with Crippen LogP contribution in [0.4, 0.5) is 0 Å². The van der Waals surface area contributed by atoms with E-state index < -0.39 is 0 Å². The lowest BCUT2D eigenvalue weighted by Gasteiger charge is -2.29. The number of nitrogens with two attached hydrogens (primary N) is 1. The fourth-order valence-corrected chi connectivity index (χ4v) is 1.13. The van der Waals surface area contributed by atoms with E-state index in [4.69, 9.17) is 5.73 Å². The highest BCUT2D eigenvalue weighted by Crippen LogP contribution is 2.28. The molecule has 1 fully saturated rings. The summed E-state index contributed by atoms with van der Waals surface area (Å²) in [6.45, 7) is 0. The van der Waals surface area contributed by atoms with Crippen molar-refractivity contribution in [2.75, 3.05) is 7.11 Å². The van der Waals surface area contributed by atoms with Crippen molar-refractivity contribution in [2.24, 2.45) is 11.7 Å². The fourth-order valence-electron chi connectivity index (χ4n) is 1.13. The van der Waals surface area contributed by atoms with Gasteiger partial charge >= 0.3 is 5.97 Å². The standard InChI is InChI=1S/C7H13NO2.ClH/c1-10-7(9)6(8)5-3-2-4-5;/h5-6H,2-4,8H2,1H3;1H/t6-;/m1./s1. The number of hydrogen-bond donors (Lipinski definition) is 1. The molecule has 0 heterocycles. The van der Waals surface area contributed by atoms with Crippen LogP contribution < -0.4 is 5.73 Å². The second kappa shape index (κ2) is 4.57. The molecule has 0 aliphatic heterocycles. The first-order chi connectivity index (χ1) is 4.75. The number of hydrogen-bond acceptors (Lipinski definition) is 3. The van der Waals surface area contributed by atoms with Crippen molar-refractivity contribution in [3.05, 3.63) is 0 Å². The Bertz CT molecular complexity index is 136. The molecule has 3 nitrogen and oxygen atoms in total. The maximum absolute atomic E-state index is 10.8. The summed E-state index contributed by atoms with van der Waals surface area (Å²) >= 11 is 0. The van der Waals surface area contributed by atoms with Crippen LogP contribution >= 0.6 is 12.4 Å². The van der Waals surface area contributed by atoms with Gasteiger partial charge in [0.2, 0.25) is 0 Å². The first-order valence-electron chi connectivity index (χ1n) is 3.59. The fraction of sp³-hybridized carbons (Fsp3) is 0.857. The lowest BCUT2D eigenvalue weighted by molar-refractivity contribution is -0.144. The number of halogens is 1. The molecule has 0 aromatic rings. The van der Waals surface area contributed by atoms with Gasteiger partial charge in [-0.3, -0.25) is 4.79 Å². The van der Waals surface area contributed by atoms with E-state index >= 15 is 0 Å². The Morgan fingerprint density at radius 1 is 1.64 bits per heavy atom. The van der Waals surface area contributed by atoms with Crippen molar-refractivity contribution in [1.29, 1.82) is 0 Å². The van der Waals surface area contributed by atoms with Crippen LogP contribution in [-0.2, 0) is 9.53 Å². The third-order valence-electron chi connectivity index (χ3n) is 2.13. The van der Waals surface area contributed by atoms with Gasteiger partial charge < -0.3 is 10.5 Å². The minimum absolute atomic E-state index is 0. The first-order valence-corrected chi connectivity index (χ1v) is 3.59. The van der Waals surface area contributed by atoms with Gasteiger partial charge in [-0.2, -0.15) is 0 Å². The molecule has 1 atom stereocenters. The maximum Gasteiger partial charge on any atom is 0.322 e. The number of carbonyl (C=O) groups excluding carboxylic acids is 1. The Morgan fingerprint density at radius 2 is 2.18 bits per heavy atom. The highest BCUT2D eigenvalue weighted by Gasteiger charge is 2.29. The van der Waals surface area contributed by atoms with Crippen LogP contribution in [0.2, 0.25) is 0 Å². The van der Waals surface area contributed by atoms with E-state index in [2.05, 4.69) is 4.74 Å². The molecule has 1 saturated carbocycles. The van der Waals surface area contributed by atoms with Gasteiger partial charge in [-0.25, -0.2) is 0 Å². The molecule has 66 valence electrons. The molecule has 1 aliphatic rings. The van der Waals surface area contributed by atoms with Crippen molar-refractivity contribution >= 4 is 18.4 Å². The van der Waals surface area contributed by atoms with E-state index in [1.54, 1.807) is 0 Å². The van der Waals surface area contributed by atoms with Crippen LogP contribution in [0.25, 0.3) is 0 Å². The summed E-state index contributed by atoms with van der Waals surface area (Å²) in [7, 11) is 1.38. The Morgan fingerprint density at radius 3 is 2.45 bits per heavy atom. The maximum atomic E-state index is 10.8. The summed E-state index contributed by atoms with van der Waals surface area (Å²) in [6, 6.07) is -0.376. The average molecular weight is 180 g/mol. The highest BCUT2D eigenvalue weighted by atomic mass is 35.5. The topological polar surface area (TPSA) is 52.3 Å². The SMILES string of the molecule is COC(=O)[C@H](N)C1CCC1.Cl. The Kier molecular flexibility index (Phi) is 4.45. The predicted octanol–water partition coefficient (Wildman–Crippen LogP) is 0.709. The van der Waals surface area contributed by atoms with Crippen molar-refractivity contribution in [2.45, 2.75) is 25.3 Å². The van der Waals surface area contributed by atoms with Crippen molar-refractivity contribution in [3.63, 3.8) is 0 Å². The van der Waals surface area contributed by atoms with Gasteiger partial charge in [0, 0.05) is 0 Å². The number of carbonyl (C=O) groups is 1. The highest BCUT2D eigenvalue weighted by molar-refractivity contribution is 5.85. The minimum Gasteiger partial charge on any atom is -0.468 e. The Balaban J connectivity index is 0.000001000. The van der Waals surface area contributed by atoms with E-state index in [-0.39, 0.29) is 24.4 Å². The van der Waals surface area contributed by atoms with Gasteiger partial charge in [0.25, 0.3) is 0 Å². The lowest BCUT2D eigenvalue weighted by atomic mass is 9.80. The van der Waals surface area contributed by atoms with Crippen LogP contribution in [0.5, 0.6) is 0 Å². The monoisotopic (exact) mass is 179 g/mol. The number of ether oxygens (including phenoxy) is 1. The van der Waals surface area contributed by atoms with Crippen LogP contribution in [-0.4, -0.2) is 19.1 Å². The average Bonchev–Trinajstić information content (AvgIpc) is 1.82. The molecule has 0 aromatic heterocycles. The zero-order valence-corrected chi connectivity index (χ0v) is 7.39. The van der Waals surface area contributed by atoms with E-state index in [1.807, 2.05) is 0 Å². The quantitative estimate of drug-likeness (QED) is 0.636. The van der Waals surface area contributed by atoms with Gasteiger partial charge in [0.1, 0.15) is 6.04 Å². The molecule has 4 heteroatoms.